The van der Waals surface area contributed by atoms with Crippen molar-refractivity contribution < 1.29 is 19.4 Å². The lowest BCUT2D eigenvalue weighted by Gasteiger charge is -2.26. The lowest BCUT2D eigenvalue weighted by Crippen LogP contribution is -2.30. The van der Waals surface area contributed by atoms with E-state index in [4.69, 9.17) is 4.74 Å². The number of carbonyl (C=O) groups is 2. The molecule has 1 heterocycles. The predicted molar refractivity (Wildman–Crippen MR) is 118 cm³/mol. The molecule has 2 aromatic carbocycles. The molecule has 0 bridgehead atoms. The van der Waals surface area contributed by atoms with Gasteiger partial charge in [0.25, 0.3) is 11.7 Å². The smallest absolute Gasteiger partial charge is 0.295 e. The number of hydrogen-bond acceptors (Lipinski definition) is 4. The quantitative estimate of drug-likeness (QED) is 0.423. The molecule has 0 aliphatic carbocycles. The van der Waals surface area contributed by atoms with Gasteiger partial charge in [0.05, 0.1) is 24.3 Å². The van der Waals surface area contributed by atoms with E-state index in [0.29, 0.717) is 17.9 Å². The average molecular weight is 408 g/mol. The molecular weight excluding hydrogens is 378 g/mol. The Hall–Kier alpha value is -3.08. The number of unbranched alkanes of at least 4 members (excludes halogenated alkanes) is 1. The van der Waals surface area contributed by atoms with E-state index in [0.717, 1.165) is 35.1 Å². The summed E-state index contributed by atoms with van der Waals surface area (Å²) in [7, 11) is 1.53. The van der Waals surface area contributed by atoms with Gasteiger partial charge in [-0.2, -0.15) is 0 Å². The number of Topliss-reactive ketones (excluding diaryl/α,β-unsaturated/α-hetero) is 1. The molecule has 0 aromatic heterocycles. The number of amides is 1. The molecule has 2 aromatic rings. The van der Waals surface area contributed by atoms with E-state index < -0.39 is 17.7 Å². The van der Waals surface area contributed by atoms with Crippen LogP contribution in [0.15, 0.2) is 42.0 Å². The number of aliphatic hydroxyl groups excluding tert-OH is 1. The Balaban J connectivity index is 2.28. The molecule has 1 fully saturated rings. The number of ether oxygens (including phenoxy) is 1. The van der Waals surface area contributed by atoms with E-state index in [1.54, 1.807) is 11.0 Å². The molecule has 0 saturated carbocycles. The summed E-state index contributed by atoms with van der Waals surface area (Å²) in [6, 6.07) is 10.8. The van der Waals surface area contributed by atoms with Gasteiger partial charge in [-0.15, -0.1) is 0 Å². The summed E-state index contributed by atoms with van der Waals surface area (Å²) in [5.74, 6) is -0.912. The maximum absolute atomic E-state index is 13.1. The number of benzene rings is 2. The van der Waals surface area contributed by atoms with Crippen molar-refractivity contribution in [3.05, 3.63) is 69.8 Å². The molecule has 1 N–H and O–H groups in total. The SMILES string of the molecule is CCCCN1C(=O)C(=O)/C(=C(/O)c2cc(C)cc(C)c2OC)C1c1ccccc1C. The Morgan fingerprint density at radius 3 is 2.43 bits per heavy atom. The molecule has 3 rings (SSSR count). The fraction of sp³-hybridized carbons (Fsp3) is 0.360. The molecule has 1 amide bonds. The van der Waals surface area contributed by atoms with Crippen molar-refractivity contribution in [3.8, 4) is 5.75 Å². The van der Waals surface area contributed by atoms with E-state index in [1.807, 2.05) is 58.0 Å². The van der Waals surface area contributed by atoms with Gasteiger partial charge in [-0.1, -0.05) is 43.7 Å². The molecule has 5 nitrogen and oxygen atoms in total. The summed E-state index contributed by atoms with van der Waals surface area (Å²) in [5.41, 5.74) is 4.15. The first kappa shape index (κ1) is 21.6. The number of carbonyl (C=O) groups excluding carboxylic acids is 2. The highest BCUT2D eigenvalue weighted by Crippen LogP contribution is 2.42. The Kier molecular flexibility index (Phi) is 6.30. The van der Waals surface area contributed by atoms with Crippen molar-refractivity contribution in [1.29, 1.82) is 0 Å². The van der Waals surface area contributed by atoms with Crippen LogP contribution in [0.25, 0.3) is 5.76 Å². The van der Waals surface area contributed by atoms with E-state index >= 15 is 0 Å². The zero-order chi connectivity index (χ0) is 22.0. The summed E-state index contributed by atoms with van der Waals surface area (Å²) in [4.78, 5) is 27.6. The molecule has 5 heteroatoms. The van der Waals surface area contributed by atoms with Crippen molar-refractivity contribution in [3.63, 3.8) is 0 Å². The van der Waals surface area contributed by atoms with Crippen molar-refractivity contribution in [2.75, 3.05) is 13.7 Å². The average Bonchev–Trinajstić information content (AvgIpc) is 2.96. The van der Waals surface area contributed by atoms with Crippen LogP contribution in [0.2, 0.25) is 0 Å². The zero-order valence-corrected chi connectivity index (χ0v) is 18.3. The highest BCUT2D eigenvalue weighted by molar-refractivity contribution is 6.46. The minimum atomic E-state index is -0.655. The van der Waals surface area contributed by atoms with Crippen LogP contribution < -0.4 is 4.74 Å². The number of methoxy groups -OCH3 is 1. The number of hydrogen-bond donors (Lipinski definition) is 1. The van der Waals surface area contributed by atoms with Crippen LogP contribution in [0, 0.1) is 20.8 Å². The van der Waals surface area contributed by atoms with Crippen molar-refractivity contribution >= 4 is 17.4 Å². The third kappa shape index (κ3) is 3.72. The van der Waals surface area contributed by atoms with Crippen molar-refractivity contribution in [1.82, 2.24) is 4.90 Å². The molecule has 30 heavy (non-hydrogen) atoms. The first-order valence-corrected chi connectivity index (χ1v) is 10.3. The van der Waals surface area contributed by atoms with Gasteiger partial charge in [0.15, 0.2) is 0 Å². The molecule has 158 valence electrons. The van der Waals surface area contributed by atoms with Crippen LogP contribution in [0.4, 0.5) is 0 Å². The maximum Gasteiger partial charge on any atom is 0.295 e. The first-order valence-electron chi connectivity index (χ1n) is 10.3. The number of rotatable bonds is 6. The lowest BCUT2D eigenvalue weighted by atomic mass is 9.91. The first-order chi connectivity index (χ1) is 14.3. The Morgan fingerprint density at radius 2 is 1.80 bits per heavy atom. The molecule has 1 aliphatic rings. The van der Waals surface area contributed by atoms with Gasteiger partial charge >= 0.3 is 0 Å². The Labute approximate surface area is 178 Å². The van der Waals surface area contributed by atoms with Crippen LogP contribution in [-0.4, -0.2) is 35.4 Å². The lowest BCUT2D eigenvalue weighted by molar-refractivity contribution is -0.139. The van der Waals surface area contributed by atoms with E-state index in [1.165, 1.54) is 7.11 Å². The van der Waals surface area contributed by atoms with Crippen molar-refractivity contribution in [2.45, 2.75) is 46.6 Å². The highest BCUT2D eigenvalue weighted by Gasteiger charge is 2.46. The van der Waals surface area contributed by atoms with Crippen LogP contribution in [-0.2, 0) is 9.59 Å². The number of ketones is 1. The third-order valence-electron chi connectivity index (χ3n) is 5.65. The van der Waals surface area contributed by atoms with Crippen LogP contribution in [0.5, 0.6) is 5.75 Å². The summed E-state index contributed by atoms with van der Waals surface area (Å²) in [6.45, 7) is 8.26. The van der Waals surface area contributed by atoms with Gasteiger partial charge < -0.3 is 14.7 Å². The minimum Gasteiger partial charge on any atom is -0.507 e. The van der Waals surface area contributed by atoms with Gasteiger partial charge in [0.2, 0.25) is 0 Å². The molecule has 0 radical (unpaired) electrons. The number of nitrogens with zero attached hydrogens (tertiary/aromatic N) is 1. The fourth-order valence-electron chi connectivity index (χ4n) is 4.20. The van der Waals surface area contributed by atoms with E-state index in [-0.39, 0.29) is 11.3 Å². The summed E-state index contributed by atoms with van der Waals surface area (Å²) < 4.78 is 5.53. The van der Waals surface area contributed by atoms with Crippen LogP contribution >= 0.6 is 0 Å². The van der Waals surface area contributed by atoms with E-state index in [9.17, 15) is 14.7 Å². The summed E-state index contributed by atoms with van der Waals surface area (Å²) in [5, 5.41) is 11.3. The topological polar surface area (TPSA) is 66.8 Å². The standard InChI is InChI=1S/C25H29NO4/c1-6-7-12-26-21(18-11-9-8-10-16(18)3)20(23(28)25(26)29)22(27)19-14-15(2)13-17(4)24(19)30-5/h8-11,13-14,21,27H,6-7,12H2,1-5H3/b22-20+. The summed E-state index contributed by atoms with van der Waals surface area (Å²) >= 11 is 0. The Bertz CT molecular complexity index is 1020. The molecule has 1 aliphatic heterocycles. The molecule has 1 unspecified atom stereocenters. The largest absolute Gasteiger partial charge is 0.507 e. The second kappa shape index (κ2) is 8.74. The third-order valence-corrected chi connectivity index (χ3v) is 5.65. The second-order valence-electron chi connectivity index (χ2n) is 7.87. The highest BCUT2D eigenvalue weighted by atomic mass is 16.5. The maximum atomic E-state index is 13.1. The van der Waals surface area contributed by atoms with Gasteiger partial charge in [0.1, 0.15) is 11.5 Å². The minimum absolute atomic E-state index is 0.119. The molecule has 1 atom stereocenters. The predicted octanol–water partition coefficient (Wildman–Crippen LogP) is 4.84. The Morgan fingerprint density at radius 1 is 1.10 bits per heavy atom. The van der Waals surface area contributed by atoms with Crippen LogP contribution in [0.1, 0.15) is 53.6 Å². The molecule has 1 saturated heterocycles. The summed E-state index contributed by atoms with van der Waals surface area (Å²) in [6.07, 6.45) is 1.68. The normalized spacial score (nSPS) is 18.2. The monoisotopic (exact) mass is 407 g/mol. The van der Waals surface area contributed by atoms with E-state index in [2.05, 4.69) is 0 Å². The number of likely N-dealkylation sites (tertiary alicyclic amines) is 1. The van der Waals surface area contributed by atoms with Gasteiger partial charge in [0, 0.05) is 6.54 Å². The van der Waals surface area contributed by atoms with Gasteiger partial charge in [-0.25, -0.2) is 0 Å². The number of aryl methyl sites for hydroxylation is 3. The second-order valence-corrected chi connectivity index (χ2v) is 7.87. The molecular formula is C25H29NO4. The molecule has 0 spiro atoms. The zero-order valence-electron chi connectivity index (χ0n) is 18.3. The van der Waals surface area contributed by atoms with Crippen molar-refractivity contribution in [2.24, 2.45) is 0 Å². The van der Waals surface area contributed by atoms with Gasteiger partial charge in [-0.3, -0.25) is 9.59 Å². The fourth-order valence-corrected chi connectivity index (χ4v) is 4.20. The van der Waals surface area contributed by atoms with Gasteiger partial charge in [-0.05, 0) is 55.5 Å². The number of aliphatic hydroxyl groups is 1. The van der Waals surface area contributed by atoms with Crippen LogP contribution in [0.3, 0.4) is 0 Å².